The zero-order valence-electron chi connectivity index (χ0n) is 20.1. The number of nitrogens with zero attached hydrogens (tertiary/aromatic N) is 3. The molecule has 2 atom stereocenters. The molecule has 35 heavy (non-hydrogen) atoms. The highest BCUT2D eigenvalue weighted by Gasteiger charge is 2.37. The van der Waals surface area contributed by atoms with Crippen LogP contribution in [-0.4, -0.2) is 46.7 Å². The van der Waals surface area contributed by atoms with Gasteiger partial charge in [-0.3, -0.25) is 4.79 Å². The Balaban J connectivity index is 1.44. The summed E-state index contributed by atoms with van der Waals surface area (Å²) >= 11 is 0. The number of methoxy groups -OCH3 is 1. The van der Waals surface area contributed by atoms with Crippen molar-refractivity contribution < 1.29 is 18.7 Å². The van der Waals surface area contributed by atoms with Crippen LogP contribution >= 0.6 is 0 Å². The Labute approximate surface area is 205 Å². The van der Waals surface area contributed by atoms with Crippen molar-refractivity contribution in [1.29, 1.82) is 0 Å². The van der Waals surface area contributed by atoms with E-state index >= 15 is 0 Å². The van der Waals surface area contributed by atoms with E-state index in [0.29, 0.717) is 25.3 Å². The van der Waals surface area contributed by atoms with Gasteiger partial charge >= 0.3 is 0 Å². The number of hydrogen-bond donors (Lipinski definition) is 0. The molecule has 2 saturated heterocycles. The average molecular weight is 476 g/mol. The van der Waals surface area contributed by atoms with Crippen LogP contribution in [0.5, 0.6) is 5.75 Å². The topological polar surface area (TPSA) is 56.6 Å². The maximum atomic E-state index is 13.7. The number of imidazole rings is 1. The Hall–Kier alpha value is -3.45. The summed E-state index contributed by atoms with van der Waals surface area (Å²) in [6, 6.07) is 12.1. The monoisotopic (exact) mass is 475 g/mol. The van der Waals surface area contributed by atoms with E-state index in [9.17, 15) is 9.18 Å². The van der Waals surface area contributed by atoms with Crippen LogP contribution in [0.4, 0.5) is 4.39 Å². The van der Waals surface area contributed by atoms with Crippen LogP contribution < -0.4 is 4.74 Å². The SMILES string of the molecule is COc1cc(/C=C2\CCCN([C@H](c3ccc(F)cc3)[C@H]3CCCO3)C2=O)ccc1-n1cnc(C)c1. The summed E-state index contributed by atoms with van der Waals surface area (Å²) in [5.74, 6) is 0.434. The minimum absolute atomic E-state index is 0.00866. The Morgan fingerprint density at radius 2 is 2.03 bits per heavy atom. The number of ether oxygens (including phenoxy) is 2. The van der Waals surface area contributed by atoms with E-state index in [-0.39, 0.29) is 23.9 Å². The molecule has 3 aromatic rings. The summed E-state index contributed by atoms with van der Waals surface area (Å²) in [5, 5.41) is 0. The molecular weight excluding hydrogens is 445 g/mol. The van der Waals surface area contributed by atoms with Gasteiger partial charge in [0.25, 0.3) is 0 Å². The number of rotatable bonds is 6. The maximum absolute atomic E-state index is 13.7. The van der Waals surface area contributed by atoms with Crippen molar-refractivity contribution in [3.63, 3.8) is 0 Å². The third kappa shape index (κ3) is 4.86. The van der Waals surface area contributed by atoms with E-state index in [0.717, 1.165) is 47.3 Å². The fourth-order valence-electron chi connectivity index (χ4n) is 5.09. The molecule has 0 spiro atoms. The van der Waals surface area contributed by atoms with E-state index in [1.54, 1.807) is 25.6 Å². The number of aryl methyl sites for hydroxylation is 1. The van der Waals surface area contributed by atoms with Crippen LogP contribution in [0.1, 0.15) is 48.5 Å². The highest BCUT2D eigenvalue weighted by molar-refractivity contribution is 5.99. The first kappa shape index (κ1) is 23.3. The van der Waals surface area contributed by atoms with Crippen molar-refractivity contribution in [3.8, 4) is 11.4 Å². The first-order chi connectivity index (χ1) is 17.0. The number of likely N-dealkylation sites (tertiary alicyclic amines) is 1. The molecule has 0 unspecified atom stereocenters. The molecular formula is C28H30FN3O3. The van der Waals surface area contributed by atoms with Gasteiger partial charge in [-0.25, -0.2) is 9.37 Å². The van der Waals surface area contributed by atoms with Crippen molar-refractivity contribution >= 4 is 12.0 Å². The fourth-order valence-corrected chi connectivity index (χ4v) is 5.09. The third-order valence-electron chi connectivity index (χ3n) is 6.78. The fraction of sp³-hybridized carbons (Fsp3) is 0.357. The first-order valence-electron chi connectivity index (χ1n) is 12.1. The number of amides is 1. The highest BCUT2D eigenvalue weighted by atomic mass is 19.1. The molecule has 7 heteroatoms. The Kier molecular flexibility index (Phi) is 6.68. The number of carbonyl (C=O) groups excluding carboxylic acids is 1. The molecule has 0 saturated carbocycles. The second kappa shape index (κ2) is 10.0. The Bertz CT molecular complexity index is 1230. The lowest BCUT2D eigenvalue weighted by Gasteiger charge is -2.38. The molecule has 3 heterocycles. The number of piperidine rings is 1. The lowest BCUT2D eigenvalue weighted by Crippen LogP contribution is -2.44. The number of benzene rings is 2. The number of carbonyl (C=O) groups is 1. The molecule has 1 aromatic heterocycles. The standard InChI is InChI=1S/C28H30FN3O3/c1-19-17-31(18-30-19)24-12-7-20(16-26(24)34-2)15-22-5-3-13-32(28(22)33)27(25-6-4-14-35-25)21-8-10-23(29)11-9-21/h7-12,15-18,25,27H,3-6,13-14H2,1-2H3/b22-15+/t25-,27-/m1/s1. The number of halogens is 1. The second-order valence-electron chi connectivity index (χ2n) is 9.17. The molecule has 2 aliphatic heterocycles. The quantitative estimate of drug-likeness (QED) is 0.457. The van der Waals surface area contributed by atoms with Gasteiger partial charge in [-0.2, -0.15) is 0 Å². The summed E-state index contributed by atoms with van der Waals surface area (Å²) in [4.78, 5) is 19.9. The van der Waals surface area contributed by atoms with E-state index < -0.39 is 0 Å². The molecule has 2 fully saturated rings. The summed E-state index contributed by atoms with van der Waals surface area (Å²) < 4.78 is 27.2. The van der Waals surface area contributed by atoms with Gasteiger partial charge in [-0.15, -0.1) is 0 Å². The van der Waals surface area contributed by atoms with Crippen molar-refractivity contribution in [2.24, 2.45) is 0 Å². The molecule has 2 aliphatic rings. The number of hydrogen-bond acceptors (Lipinski definition) is 4. The predicted molar refractivity (Wildman–Crippen MR) is 132 cm³/mol. The molecule has 6 nitrogen and oxygen atoms in total. The van der Waals surface area contributed by atoms with Crippen LogP contribution in [0.2, 0.25) is 0 Å². The van der Waals surface area contributed by atoms with Crippen LogP contribution in [0.25, 0.3) is 11.8 Å². The summed E-state index contributed by atoms with van der Waals surface area (Å²) in [5.41, 5.74) is 4.39. The normalized spacial score (nSPS) is 20.4. The van der Waals surface area contributed by atoms with E-state index in [2.05, 4.69) is 4.98 Å². The molecule has 182 valence electrons. The molecule has 0 aliphatic carbocycles. The van der Waals surface area contributed by atoms with Gasteiger partial charge in [0.15, 0.2) is 0 Å². The average Bonchev–Trinajstić information content (AvgIpc) is 3.55. The van der Waals surface area contributed by atoms with Gasteiger partial charge in [-0.1, -0.05) is 18.2 Å². The van der Waals surface area contributed by atoms with Crippen molar-refractivity contribution in [3.05, 3.63) is 83.2 Å². The Morgan fingerprint density at radius 1 is 1.20 bits per heavy atom. The first-order valence-corrected chi connectivity index (χ1v) is 12.1. The van der Waals surface area contributed by atoms with Gasteiger partial charge < -0.3 is 18.9 Å². The van der Waals surface area contributed by atoms with Gasteiger partial charge in [0.05, 0.1) is 37.0 Å². The maximum Gasteiger partial charge on any atom is 0.250 e. The molecule has 2 aromatic carbocycles. The van der Waals surface area contributed by atoms with Gasteiger partial charge in [0.1, 0.15) is 11.6 Å². The molecule has 1 amide bonds. The van der Waals surface area contributed by atoms with E-state index in [4.69, 9.17) is 9.47 Å². The molecule has 5 rings (SSSR count). The van der Waals surface area contributed by atoms with Crippen LogP contribution in [0, 0.1) is 12.7 Å². The number of aromatic nitrogens is 2. The van der Waals surface area contributed by atoms with Gasteiger partial charge in [0.2, 0.25) is 5.91 Å². The summed E-state index contributed by atoms with van der Waals surface area (Å²) in [6.07, 6.45) is 9.01. The molecule has 0 N–H and O–H groups in total. The minimum atomic E-state index is -0.284. The zero-order valence-corrected chi connectivity index (χ0v) is 20.1. The van der Waals surface area contributed by atoms with Crippen molar-refractivity contribution in [2.45, 2.75) is 44.8 Å². The van der Waals surface area contributed by atoms with Crippen LogP contribution in [0.3, 0.4) is 0 Å². The van der Waals surface area contributed by atoms with E-state index in [1.807, 2.05) is 46.9 Å². The lowest BCUT2D eigenvalue weighted by molar-refractivity contribution is -0.134. The van der Waals surface area contributed by atoms with Crippen molar-refractivity contribution in [2.75, 3.05) is 20.3 Å². The molecule has 0 bridgehead atoms. The van der Waals surface area contributed by atoms with Crippen LogP contribution in [-0.2, 0) is 9.53 Å². The molecule has 0 radical (unpaired) electrons. The zero-order chi connectivity index (χ0) is 24.4. The highest BCUT2D eigenvalue weighted by Crippen LogP contribution is 2.36. The second-order valence-corrected chi connectivity index (χ2v) is 9.17. The minimum Gasteiger partial charge on any atom is -0.495 e. The largest absolute Gasteiger partial charge is 0.495 e. The van der Waals surface area contributed by atoms with E-state index in [1.165, 1.54) is 12.1 Å². The van der Waals surface area contributed by atoms with Crippen LogP contribution in [0.15, 0.2) is 60.6 Å². The smallest absolute Gasteiger partial charge is 0.250 e. The van der Waals surface area contributed by atoms with Gasteiger partial charge in [-0.05, 0) is 74.1 Å². The van der Waals surface area contributed by atoms with Gasteiger partial charge in [0, 0.05) is 24.9 Å². The predicted octanol–water partition coefficient (Wildman–Crippen LogP) is 5.25. The third-order valence-corrected chi connectivity index (χ3v) is 6.78. The summed E-state index contributed by atoms with van der Waals surface area (Å²) in [6.45, 7) is 3.29. The Morgan fingerprint density at radius 3 is 2.71 bits per heavy atom. The van der Waals surface area contributed by atoms with Crippen molar-refractivity contribution in [1.82, 2.24) is 14.5 Å². The summed E-state index contributed by atoms with van der Waals surface area (Å²) in [7, 11) is 1.64. The lowest BCUT2D eigenvalue weighted by atomic mass is 9.93.